The van der Waals surface area contributed by atoms with Crippen molar-refractivity contribution in [2.45, 2.75) is 32.1 Å². The summed E-state index contributed by atoms with van der Waals surface area (Å²) >= 11 is 1.40. The van der Waals surface area contributed by atoms with Crippen molar-refractivity contribution >= 4 is 28.5 Å². The molecule has 2 aromatic rings. The summed E-state index contributed by atoms with van der Waals surface area (Å²) in [5.41, 5.74) is 1.02. The molecule has 3 rings (SSSR count). The molecule has 0 aliphatic heterocycles. The van der Waals surface area contributed by atoms with Gasteiger partial charge < -0.3 is 10.1 Å². The maximum Gasteiger partial charge on any atom is 0.321 e. The average molecular weight is 374 g/mol. The molecule has 0 radical (unpaired) electrons. The minimum atomic E-state index is -0.445. The van der Waals surface area contributed by atoms with Crippen molar-refractivity contribution in [1.82, 2.24) is 15.5 Å². The molecule has 0 saturated heterocycles. The first-order valence-electron chi connectivity index (χ1n) is 8.74. The van der Waals surface area contributed by atoms with E-state index >= 15 is 0 Å². The molecule has 1 aliphatic carbocycles. The van der Waals surface area contributed by atoms with Gasteiger partial charge in [0.1, 0.15) is 5.01 Å². The van der Waals surface area contributed by atoms with Gasteiger partial charge in [0.05, 0.1) is 12.5 Å². The molecule has 2 amide bonds. The molecule has 0 spiro atoms. The number of hydrogen-bond donors (Lipinski definition) is 2. The van der Waals surface area contributed by atoms with Gasteiger partial charge in [0.25, 0.3) is 0 Å². The van der Waals surface area contributed by atoms with Crippen LogP contribution in [0.4, 0.5) is 9.93 Å². The molecular formula is C18H22N4O3S. The molecule has 1 saturated carbocycles. The van der Waals surface area contributed by atoms with E-state index in [4.69, 9.17) is 4.74 Å². The Morgan fingerprint density at radius 2 is 2.04 bits per heavy atom. The fourth-order valence-corrected chi connectivity index (χ4v) is 3.44. The van der Waals surface area contributed by atoms with Crippen LogP contribution in [0.3, 0.4) is 0 Å². The molecule has 1 fully saturated rings. The van der Waals surface area contributed by atoms with Crippen molar-refractivity contribution in [2.75, 3.05) is 18.5 Å². The Morgan fingerprint density at radius 1 is 1.27 bits per heavy atom. The molecule has 2 N–H and O–H groups in total. The predicted molar refractivity (Wildman–Crippen MR) is 99.2 cm³/mol. The maximum atomic E-state index is 12.2. The third kappa shape index (κ3) is 5.26. The van der Waals surface area contributed by atoms with Crippen molar-refractivity contribution in [2.24, 2.45) is 5.92 Å². The maximum absolute atomic E-state index is 12.2. The first kappa shape index (κ1) is 18.3. The van der Waals surface area contributed by atoms with E-state index in [1.807, 2.05) is 30.3 Å². The van der Waals surface area contributed by atoms with E-state index in [1.54, 1.807) is 6.92 Å². The molecule has 0 unspecified atom stereocenters. The van der Waals surface area contributed by atoms with Gasteiger partial charge in [-0.25, -0.2) is 4.79 Å². The van der Waals surface area contributed by atoms with Crippen LogP contribution < -0.4 is 10.6 Å². The van der Waals surface area contributed by atoms with Gasteiger partial charge in [-0.3, -0.25) is 10.1 Å². The standard InChI is InChI=1S/C18H22N4O3S/c1-2-25-16(23)14(10-12-6-4-3-5-7-12)11-19-17(24)20-18-22-21-15(26-18)13-8-9-13/h3-7,13-14H,2,8-11H2,1H3,(H2,19,20,22,24)/t14-/m1/s1. The number of carbonyl (C=O) groups is 2. The minimum absolute atomic E-state index is 0.188. The summed E-state index contributed by atoms with van der Waals surface area (Å²) in [6.07, 6.45) is 2.79. The third-order valence-electron chi connectivity index (χ3n) is 4.04. The third-order valence-corrected chi connectivity index (χ3v) is 5.04. The van der Waals surface area contributed by atoms with Gasteiger partial charge in [-0.15, -0.1) is 10.2 Å². The molecule has 7 nitrogen and oxygen atoms in total. The topological polar surface area (TPSA) is 93.2 Å². The number of ether oxygens (including phenoxy) is 1. The molecule has 1 aromatic heterocycles. The zero-order chi connectivity index (χ0) is 18.4. The fraction of sp³-hybridized carbons (Fsp3) is 0.444. The lowest BCUT2D eigenvalue weighted by Crippen LogP contribution is -2.37. The molecule has 1 aliphatic rings. The summed E-state index contributed by atoms with van der Waals surface area (Å²) in [6, 6.07) is 9.27. The number of aromatic nitrogens is 2. The van der Waals surface area contributed by atoms with Crippen molar-refractivity contribution in [1.29, 1.82) is 0 Å². The lowest BCUT2D eigenvalue weighted by atomic mass is 9.99. The number of carbonyl (C=O) groups excluding carboxylic acids is 2. The highest BCUT2D eigenvalue weighted by atomic mass is 32.1. The SMILES string of the molecule is CCOC(=O)[C@@H](CNC(=O)Nc1nnc(C2CC2)s1)Cc1ccccc1. The van der Waals surface area contributed by atoms with Gasteiger partial charge in [0, 0.05) is 12.5 Å². The lowest BCUT2D eigenvalue weighted by molar-refractivity contribution is -0.147. The number of hydrogen-bond acceptors (Lipinski definition) is 6. The van der Waals surface area contributed by atoms with Gasteiger partial charge >= 0.3 is 12.0 Å². The molecule has 1 atom stereocenters. The average Bonchev–Trinajstić information content (AvgIpc) is 3.39. The summed E-state index contributed by atoms with van der Waals surface area (Å²) in [5.74, 6) is -0.256. The van der Waals surface area contributed by atoms with Gasteiger partial charge in [-0.2, -0.15) is 0 Å². The van der Waals surface area contributed by atoms with E-state index in [2.05, 4.69) is 20.8 Å². The monoisotopic (exact) mass is 374 g/mol. The van der Waals surface area contributed by atoms with Crippen LogP contribution in [0, 0.1) is 5.92 Å². The molecule has 26 heavy (non-hydrogen) atoms. The summed E-state index contributed by atoms with van der Waals surface area (Å²) in [4.78, 5) is 24.3. The largest absolute Gasteiger partial charge is 0.466 e. The van der Waals surface area contributed by atoms with Crippen LogP contribution >= 0.6 is 11.3 Å². The van der Waals surface area contributed by atoms with E-state index in [1.165, 1.54) is 11.3 Å². The highest BCUT2D eigenvalue weighted by Gasteiger charge is 2.28. The highest BCUT2D eigenvalue weighted by Crippen LogP contribution is 2.41. The Morgan fingerprint density at radius 3 is 2.73 bits per heavy atom. The number of amides is 2. The summed E-state index contributed by atoms with van der Waals surface area (Å²) in [5, 5.41) is 14.9. The second-order valence-corrected chi connectivity index (χ2v) is 7.20. The van der Waals surface area contributed by atoms with E-state index in [-0.39, 0.29) is 12.5 Å². The van der Waals surface area contributed by atoms with Crippen LogP contribution in [0.5, 0.6) is 0 Å². The molecule has 8 heteroatoms. The Kier molecular flexibility index (Phi) is 6.17. The van der Waals surface area contributed by atoms with Gasteiger partial charge in [0.2, 0.25) is 5.13 Å². The van der Waals surface area contributed by atoms with Crippen molar-refractivity contribution in [3.63, 3.8) is 0 Å². The number of nitrogens with zero attached hydrogens (tertiary/aromatic N) is 2. The van der Waals surface area contributed by atoms with Gasteiger partial charge in [-0.1, -0.05) is 41.7 Å². The van der Waals surface area contributed by atoms with Gasteiger partial charge in [0.15, 0.2) is 0 Å². The number of benzene rings is 1. The summed E-state index contributed by atoms with van der Waals surface area (Å²) in [6.45, 7) is 2.27. The first-order chi connectivity index (χ1) is 12.7. The minimum Gasteiger partial charge on any atom is -0.466 e. The van der Waals surface area contributed by atoms with Crippen LogP contribution in [-0.2, 0) is 16.0 Å². The van der Waals surface area contributed by atoms with Crippen molar-refractivity contribution < 1.29 is 14.3 Å². The first-order valence-corrected chi connectivity index (χ1v) is 9.56. The van der Waals surface area contributed by atoms with Crippen LogP contribution in [0.2, 0.25) is 0 Å². The number of urea groups is 1. The Bertz CT molecular complexity index is 746. The second-order valence-electron chi connectivity index (χ2n) is 6.19. The smallest absolute Gasteiger partial charge is 0.321 e. The van der Waals surface area contributed by atoms with Crippen LogP contribution in [-0.4, -0.2) is 35.3 Å². The molecule has 138 valence electrons. The number of esters is 1. The van der Waals surface area contributed by atoms with Crippen molar-refractivity contribution in [3.8, 4) is 0 Å². The highest BCUT2D eigenvalue weighted by molar-refractivity contribution is 7.15. The molecular weight excluding hydrogens is 352 g/mol. The molecule has 1 aromatic carbocycles. The van der Waals surface area contributed by atoms with Gasteiger partial charge in [-0.05, 0) is 31.7 Å². The van der Waals surface area contributed by atoms with E-state index < -0.39 is 11.9 Å². The lowest BCUT2D eigenvalue weighted by Gasteiger charge is -2.16. The second kappa shape index (κ2) is 8.75. The van der Waals surface area contributed by atoms with Crippen LogP contribution in [0.15, 0.2) is 30.3 Å². The zero-order valence-corrected chi connectivity index (χ0v) is 15.4. The fourth-order valence-electron chi connectivity index (χ4n) is 2.54. The molecule has 1 heterocycles. The number of rotatable bonds is 8. The Labute approximate surface area is 156 Å². The molecule has 0 bridgehead atoms. The van der Waals surface area contributed by atoms with Crippen LogP contribution in [0.1, 0.15) is 36.3 Å². The zero-order valence-electron chi connectivity index (χ0n) is 14.6. The van der Waals surface area contributed by atoms with E-state index in [9.17, 15) is 9.59 Å². The Hall–Kier alpha value is -2.48. The normalized spacial score (nSPS) is 14.5. The van der Waals surface area contributed by atoms with E-state index in [0.29, 0.717) is 24.1 Å². The van der Waals surface area contributed by atoms with Crippen molar-refractivity contribution in [3.05, 3.63) is 40.9 Å². The van der Waals surface area contributed by atoms with E-state index in [0.717, 1.165) is 23.4 Å². The van der Waals surface area contributed by atoms with Crippen LogP contribution in [0.25, 0.3) is 0 Å². The summed E-state index contributed by atoms with van der Waals surface area (Å²) < 4.78 is 5.13. The summed E-state index contributed by atoms with van der Waals surface area (Å²) in [7, 11) is 0. The Balaban J connectivity index is 1.53. The quantitative estimate of drug-likeness (QED) is 0.693. The number of nitrogens with one attached hydrogen (secondary N) is 2. The number of anilines is 1. The predicted octanol–water partition coefficient (Wildman–Crippen LogP) is 2.96.